The summed E-state index contributed by atoms with van der Waals surface area (Å²) < 4.78 is 30.1. The van der Waals surface area contributed by atoms with E-state index >= 15 is 0 Å². The number of para-hydroxylation sites is 1. The molecule has 1 aromatic carbocycles. The summed E-state index contributed by atoms with van der Waals surface area (Å²) in [6.07, 6.45) is 0. The number of benzene rings is 1. The number of nitro benzene ring substituents is 1. The Hall–Kier alpha value is -2.00. The lowest BCUT2D eigenvalue weighted by Gasteiger charge is -2.06. The summed E-state index contributed by atoms with van der Waals surface area (Å²) in [5, 5.41) is 10.8. The number of nitro groups is 1. The molecule has 0 saturated heterocycles. The molecule has 20 heavy (non-hydrogen) atoms. The standard InChI is InChI=1S/C11H14N2O6S/c1-2-19-11(14)7-12-20(17,18)8-9-5-3-4-6-10(9)13(15)16/h3-6,12H,2,7-8H2,1H3. The Morgan fingerprint density at radius 3 is 2.65 bits per heavy atom. The summed E-state index contributed by atoms with van der Waals surface area (Å²) in [6, 6.07) is 5.52. The second-order valence-corrected chi connectivity index (χ2v) is 5.58. The number of nitrogens with zero attached hydrogens (tertiary/aromatic N) is 1. The van der Waals surface area contributed by atoms with Gasteiger partial charge in [-0.25, -0.2) is 13.1 Å². The van der Waals surface area contributed by atoms with Crippen LogP contribution in [0.15, 0.2) is 24.3 Å². The number of carbonyl (C=O) groups is 1. The van der Waals surface area contributed by atoms with E-state index in [9.17, 15) is 23.3 Å². The van der Waals surface area contributed by atoms with E-state index in [1.807, 2.05) is 4.72 Å². The largest absolute Gasteiger partial charge is 0.465 e. The van der Waals surface area contributed by atoms with Crippen LogP contribution < -0.4 is 4.72 Å². The van der Waals surface area contributed by atoms with Gasteiger partial charge in [-0.15, -0.1) is 0 Å². The zero-order valence-electron chi connectivity index (χ0n) is 10.7. The first kappa shape index (κ1) is 16.1. The number of ether oxygens (including phenoxy) is 1. The van der Waals surface area contributed by atoms with Gasteiger partial charge in [-0.3, -0.25) is 14.9 Å². The molecule has 0 aliphatic rings. The van der Waals surface area contributed by atoms with Crippen molar-refractivity contribution < 1.29 is 22.9 Å². The normalized spacial score (nSPS) is 11.1. The molecule has 0 aromatic heterocycles. The van der Waals surface area contributed by atoms with E-state index in [-0.39, 0.29) is 17.9 Å². The van der Waals surface area contributed by atoms with Crippen molar-refractivity contribution in [3.8, 4) is 0 Å². The lowest BCUT2D eigenvalue weighted by atomic mass is 10.2. The summed E-state index contributed by atoms with van der Waals surface area (Å²) in [6.45, 7) is 1.24. The Labute approximate surface area is 115 Å². The van der Waals surface area contributed by atoms with Crippen LogP contribution in [-0.4, -0.2) is 32.5 Å². The fraction of sp³-hybridized carbons (Fsp3) is 0.364. The Kier molecular flexibility index (Phi) is 5.59. The predicted molar refractivity (Wildman–Crippen MR) is 70.4 cm³/mol. The molecular weight excluding hydrogens is 288 g/mol. The average Bonchev–Trinajstić information content (AvgIpc) is 2.37. The molecule has 8 nitrogen and oxygen atoms in total. The third-order valence-electron chi connectivity index (χ3n) is 2.28. The zero-order valence-corrected chi connectivity index (χ0v) is 11.6. The minimum Gasteiger partial charge on any atom is -0.465 e. The van der Waals surface area contributed by atoms with E-state index in [0.29, 0.717) is 0 Å². The van der Waals surface area contributed by atoms with Crippen LogP contribution in [0.3, 0.4) is 0 Å². The van der Waals surface area contributed by atoms with Gasteiger partial charge in [0.05, 0.1) is 17.3 Å². The van der Waals surface area contributed by atoms with Gasteiger partial charge in [0.1, 0.15) is 6.54 Å². The molecule has 0 bridgehead atoms. The van der Waals surface area contributed by atoms with Crippen molar-refractivity contribution >= 4 is 21.7 Å². The fourth-order valence-corrected chi connectivity index (χ4v) is 2.54. The van der Waals surface area contributed by atoms with Crippen LogP contribution in [0.5, 0.6) is 0 Å². The number of hydrogen-bond acceptors (Lipinski definition) is 6. The smallest absolute Gasteiger partial charge is 0.320 e. The molecule has 110 valence electrons. The van der Waals surface area contributed by atoms with Gasteiger partial charge >= 0.3 is 5.97 Å². The van der Waals surface area contributed by atoms with Gasteiger partial charge in [-0.1, -0.05) is 18.2 Å². The van der Waals surface area contributed by atoms with E-state index in [2.05, 4.69) is 4.74 Å². The van der Waals surface area contributed by atoms with E-state index in [1.165, 1.54) is 24.3 Å². The molecule has 1 rings (SSSR count). The van der Waals surface area contributed by atoms with E-state index in [0.717, 1.165) is 0 Å². The first-order valence-electron chi connectivity index (χ1n) is 5.71. The Balaban J connectivity index is 2.77. The average molecular weight is 302 g/mol. The first-order valence-corrected chi connectivity index (χ1v) is 7.36. The van der Waals surface area contributed by atoms with Gasteiger partial charge in [-0.05, 0) is 6.92 Å². The lowest BCUT2D eigenvalue weighted by Crippen LogP contribution is -2.31. The molecule has 0 aliphatic carbocycles. The summed E-state index contributed by atoms with van der Waals surface area (Å²) in [5.41, 5.74) is -0.233. The molecule has 0 amide bonds. The van der Waals surface area contributed by atoms with Crippen molar-refractivity contribution in [1.29, 1.82) is 0 Å². The highest BCUT2D eigenvalue weighted by Crippen LogP contribution is 2.19. The maximum absolute atomic E-state index is 11.7. The molecule has 0 radical (unpaired) electrons. The summed E-state index contributed by atoms with van der Waals surface area (Å²) in [7, 11) is -3.86. The Morgan fingerprint density at radius 2 is 2.05 bits per heavy atom. The SMILES string of the molecule is CCOC(=O)CNS(=O)(=O)Cc1ccccc1[N+](=O)[O-]. The maximum atomic E-state index is 11.7. The van der Waals surface area contributed by atoms with Crippen LogP contribution in [0.25, 0.3) is 0 Å². The number of nitrogens with one attached hydrogen (secondary N) is 1. The van der Waals surface area contributed by atoms with E-state index in [1.54, 1.807) is 6.92 Å². The van der Waals surface area contributed by atoms with Crippen LogP contribution in [-0.2, 0) is 25.3 Å². The minimum atomic E-state index is -3.86. The molecule has 1 N–H and O–H groups in total. The molecule has 0 saturated carbocycles. The predicted octanol–water partition coefficient (Wildman–Crippen LogP) is 0.577. The van der Waals surface area contributed by atoms with Crippen LogP contribution in [0.1, 0.15) is 12.5 Å². The van der Waals surface area contributed by atoms with Crippen molar-refractivity contribution in [1.82, 2.24) is 4.72 Å². The summed E-state index contributed by atoms with van der Waals surface area (Å²) in [5.74, 6) is -1.29. The number of carbonyl (C=O) groups excluding carboxylic acids is 1. The Morgan fingerprint density at radius 1 is 1.40 bits per heavy atom. The third-order valence-corrected chi connectivity index (χ3v) is 3.55. The van der Waals surface area contributed by atoms with Crippen LogP contribution in [0.4, 0.5) is 5.69 Å². The molecule has 9 heteroatoms. The van der Waals surface area contributed by atoms with E-state index in [4.69, 9.17) is 0 Å². The van der Waals surface area contributed by atoms with Crippen molar-refractivity contribution in [2.24, 2.45) is 0 Å². The van der Waals surface area contributed by atoms with Crippen LogP contribution >= 0.6 is 0 Å². The monoisotopic (exact) mass is 302 g/mol. The number of sulfonamides is 1. The Bertz CT molecular complexity index is 599. The van der Waals surface area contributed by atoms with Crippen molar-refractivity contribution in [2.75, 3.05) is 13.2 Å². The quantitative estimate of drug-likeness (QED) is 0.447. The highest BCUT2D eigenvalue weighted by atomic mass is 32.2. The topological polar surface area (TPSA) is 116 Å². The van der Waals surface area contributed by atoms with Gasteiger partial charge in [0, 0.05) is 11.6 Å². The summed E-state index contributed by atoms with van der Waals surface area (Å²) in [4.78, 5) is 21.2. The molecule has 0 atom stereocenters. The molecular formula is C11H14N2O6S. The maximum Gasteiger partial charge on any atom is 0.320 e. The van der Waals surface area contributed by atoms with Crippen molar-refractivity contribution in [3.05, 3.63) is 39.9 Å². The second kappa shape index (κ2) is 6.96. The lowest BCUT2D eigenvalue weighted by molar-refractivity contribution is -0.385. The highest BCUT2D eigenvalue weighted by Gasteiger charge is 2.20. The van der Waals surface area contributed by atoms with Gasteiger partial charge in [-0.2, -0.15) is 0 Å². The van der Waals surface area contributed by atoms with Gasteiger partial charge in [0.25, 0.3) is 5.69 Å². The number of rotatable bonds is 7. The van der Waals surface area contributed by atoms with Gasteiger partial charge in [0.2, 0.25) is 10.0 Å². The molecule has 0 fully saturated rings. The molecule has 0 heterocycles. The van der Waals surface area contributed by atoms with Crippen LogP contribution in [0, 0.1) is 10.1 Å². The number of hydrogen-bond donors (Lipinski definition) is 1. The van der Waals surface area contributed by atoms with Crippen molar-refractivity contribution in [2.45, 2.75) is 12.7 Å². The molecule has 0 spiro atoms. The fourth-order valence-electron chi connectivity index (χ4n) is 1.45. The van der Waals surface area contributed by atoms with Crippen LogP contribution in [0.2, 0.25) is 0 Å². The molecule has 0 aliphatic heterocycles. The second-order valence-electron chi connectivity index (χ2n) is 3.77. The van der Waals surface area contributed by atoms with Gasteiger partial charge in [0.15, 0.2) is 0 Å². The summed E-state index contributed by atoms with van der Waals surface area (Å²) >= 11 is 0. The highest BCUT2D eigenvalue weighted by molar-refractivity contribution is 7.88. The van der Waals surface area contributed by atoms with Gasteiger partial charge < -0.3 is 4.74 Å². The number of esters is 1. The molecule has 0 unspecified atom stereocenters. The minimum absolute atomic E-state index is 0.0499. The third kappa shape index (κ3) is 4.94. The first-order chi connectivity index (χ1) is 9.35. The molecule has 1 aromatic rings. The van der Waals surface area contributed by atoms with E-state index < -0.39 is 33.2 Å². The zero-order chi connectivity index (χ0) is 15.2. The van der Waals surface area contributed by atoms with Crippen molar-refractivity contribution in [3.63, 3.8) is 0 Å².